The van der Waals surface area contributed by atoms with Gasteiger partial charge in [-0.1, -0.05) is 30.9 Å². The molecule has 0 bridgehead atoms. The van der Waals surface area contributed by atoms with Crippen molar-refractivity contribution in [1.82, 2.24) is 20.8 Å². The van der Waals surface area contributed by atoms with Crippen LogP contribution in [0.2, 0.25) is 0 Å². The standard InChI is InChI=1S/C26H37N5/c1-18-15-20(10-9-19(2)27-7)11-12-22(18)23-13-14-24(29-28-23)31(8)21-16-25(3,4)30-26(5,6)17-21/h9-15,21,27,30H,2,16-17H2,1,3-8H3/b10-9+. The van der Waals surface area contributed by atoms with Gasteiger partial charge in [-0.3, -0.25) is 0 Å². The van der Waals surface area contributed by atoms with Crippen molar-refractivity contribution < 1.29 is 0 Å². The Balaban J connectivity index is 1.77. The van der Waals surface area contributed by atoms with E-state index in [-0.39, 0.29) is 11.1 Å². The van der Waals surface area contributed by atoms with Gasteiger partial charge in [0.15, 0.2) is 5.82 Å². The lowest BCUT2D eigenvalue weighted by molar-refractivity contribution is 0.160. The molecule has 0 amide bonds. The van der Waals surface area contributed by atoms with Crippen LogP contribution in [-0.4, -0.2) is 41.4 Å². The van der Waals surface area contributed by atoms with E-state index in [0.29, 0.717) is 6.04 Å². The van der Waals surface area contributed by atoms with Gasteiger partial charge in [0.2, 0.25) is 0 Å². The largest absolute Gasteiger partial charge is 0.389 e. The molecular weight excluding hydrogens is 382 g/mol. The van der Waals surface area contributed by atoms with Crippen molar-refractivity contribution in [2.75, 3.05) is 19.0 Å². The van der Waals surface area contributed by atoms with Crippen molar-refractivity contribution in [2.45, 2.75) is 64.6 Å². The Hall–Kier alpha value is -2.66. The summed E-state index contributed by atoms with van der Waals surface area (Å²) in [5.41, 5.74) is 5.40. The average Bonchev–Trinajstić information content (AvgIpc) is 2.69. The second-order valence-electron chi connectivity index (χ2n) is 10.0. The van der Waals surface area contributed by atoms with E-state index in [9.17, 15) is 0 Å². The summed E-state index contributed by atoms with van der Waals surface area (Å²) in [4.78, 5) is 2.29. The van der Waals surface area contributed by atoms with Gasteiger partial charge in [-0.05, 0) is 76.8 Å². The molecule has 166 valence electrons. The lowest BCUT2D eigenvalue weighted by Crippen LogP contribution is -2.62. The molecule has 1 saturated heterocycles. The summed E-state index contributed by atoms with van der Waals surface area (Å²) in [7, 11) is 4.00. The molecule has 0 radical (unpaired) electrons. The summed E-state index contributed by atoms with van der Waals surface area (Å²) >= 11 is 0. The van der Waals surface area contributed by atoms with Gasteiger partial charge in [-0.2, -0.15) is 0 Å². The van der Waals surface area contributed by atoms with Crippen LogP contribution in [0.25, 0.3) is 17.3 Å². The number of benzene rings is 1. The van der Waals surface area contributed by atoms with E-state index in [1.165, 1.54) is 5.56 Å². The monoisotopic (exact) mass is 419 g/mol. The zero-order valence-corrected chi connectivity index (χ0v) is 20.1. The highest BCUT2D eigenvalue weighted by Crippen LogP contribution is 2.33. The lowest BCUT2D eigenvalue weighted by atomic mass is 9.79. The number of allylic oxidation sites excluding steroid dienone is 1. The molecule has 2 aromatic rings. The van der Waals surface area contributed by atoms with Gasteiger partial charge in [0.05, 0.1) is 5.69 Å². The molecule has 5 heteroatoms. The molecule has 3 rings (SSSR count). The van der Waals surface area contributed by atoms with Crippen LogP contribution in [0.3, 0.4) is 0 Å². The summed E-state index contributed by atoms with van der Waals surface area (Å²) in [6.45, 7) is 15.1. The van der Waals surface area contributed by atoms with E-state index in [2.05, 4.69) is 110 Å². The normalized spacial score (nSPS) is 18.2. The number of nitrogens with one attached hydrogen (secondary N) is 2. The molecule has 0 saturated carbocycles. The van der Waals surface area contributed by atoms with E-state index >= 15 is 0 Å². The van der Waals surface area contributed by atoms with E-state index in [4.69, 9.17) is 0 Å². The van der Waals surface area contributed by atoms with Gasteiger partial charge in [-0.25, -0.2) is 0 Å². The average molecular weight is 420 g/mol. The maximum atomic E-state index is 4.58. The van der Waals surface area contributed by atoms with E-state index in [0.717, 1.165) is 41.2 Å². The summed E-state index contributed by atoms with van der Waals surface area (Å²) in [6.07, 6.45) is 6.18. The van der Waals surface area contributed by atoms with Crippen LogP contribution in [0.5, 0.6) is 0 Å². The summed E-state index contributed by atoms with van der Waals surface area (Å²) in [5, 5.41) is 15.9. The van der Waals surface area contributed by atoms with Gasteiger partial charge >= 0.3 is 0 Å². The fourth-order valence-corrected chi connectivity index (χ4v) is 4.74. The second kappa shape index (κ2) is 8.83. The Bertz CT molecular complexity index is 940. The number of aryl methyl sites for hydroxylation is 1. The van der Waals surface area contributed by atoms with Gasteiger partial charge < -0.3 is 15.5 Å². The number of hydrogen-bond donors (Lipinski definition) is 2. The maximum Gasteiger partial charge on any atom is 0.151 e. The minimum atomic E-state index is 0.0981. The topological polar surface area (TPSA) is 53.1 Å². The lowest BCUT2D eigenvalue weighted by Gasteiger charge is -2.49. The van der Waals surface area contributed by atoms with Crippen LogP contribution < -0.4 is 15.5 Å². The van der Waals surface area contributed by atoms with E-state index in [1.54, 1.807) is 0 Å². The zero-order valence-electron chi connectivity index (χ0n) is 20.1. The number of rotatable bonds is 6. The van der Waals surface area contributed by atoms with Crippen molar-refractivity contribution in [3.05, 3.63) is 59.8 Å². The predicted octanol–water partition coefficient (Wildman–Crippen LogP) is 4.94. The molecule has 2 heterocycles. The van der Waals surface area contributed by atoms with Crippen LogP contribution in [0.15, 0.2) is 48.7 Å². The van der Waals surface area contributed by atoms with Crippen molar-refractivity contribution >= 4 is 11.9 Å². The fraction of sp³-hybridized carbons (Fsp3) is 0.462. The first-order valence-corrected chi connectivity index (χ1v) is 11.0. The highest BCUT2D eigenvalue weighted by molar-refractivity contribution is 5.67. The van der Waals surface area contributed by atoms with E-state index < -0.39 is 0 Å². The van der Waals surface area contributed by atoms with Gasteiger partial charge in [0.1, 0.15) is 0 Å². The SMILES string of the molecule is C=C(/C=C/c1ccc(-c2ccc(N(C)C3CC(C)(C)NC(C)(C)C3)nn2)c(C)c1)NC. The molecule has 1 aliphatic heterocycles. The smallest absolute Gasteiger partial charge is 0.151 e. The molecule has 0 atom stereocenters. The summed E-state index contributed by atoms with van der Waals surface area (Å²) in [6, 6.07) is 11.0. The van der Waals surface area contributed by atoms with Crippen molar-refractivity contribution in [1.29, 1.82) is 0 Å². The van der Waals surface area contributed by atoms with E-state index in [1.807, 2.05) is 13.1 Å². The molecule has 2 N–H and O–H groups in total. The Labute approximate surface area is 187 Å². The molecule has 1 aromatic heterocycles. The van der Waals surface area contributed by atoms with Crippen molar-refractivity contribution in [2.24, 2.45) is 0 Å². The first-order chi connectivity index (χ1) is 14.5. The summed E-state index contributed by atoms with van der Waals surface area (Å²) in [5.74, 6) is 0.921. The van der Waals surface area contributed by atoms with Gasteiger partial charge in [0, 0.05) is 42.5 Å². The predicted molar refractivity (Wildman–Crippen MR) is 132 cm³/mol. The number of hydrogen-bond acceptors (Lipinski definition) is 5. The highest BCUT2D eigenvalue weighted by atomic mass is 15.3. The minimum absolute atomic E-state index is 0.0981. The molecule has 0 spiro atoms. The number of likely N-dealkylation sites (N-methyl/N-ethyl adjacent to an activating group) is 1. The zero-order chi connectivity index (χ0) is 22.8. The number of piperidine rings is 1. The third-order valence-corrected chi connectivity index (χ3v) is 6.05. The fourth-order valence-electron chi connectivity index (χ4n) is 4.74. The second-order valence-corrected chi connectivity index (χ2v) is 10.0. The molecule has 0 aliphatic carbocycles. The Morgan fingerprint density at radius 3 is 2.35 bits per heavy atom. The Morgan fingerprint density at radius 1 is 1.13 bits per heavy atom. The summed E-state index contributed by atoms with van der Waals surface area (Å²) < 4.78 is 0. The Kier molecular flexibility index (Phi) is 6.56. The van der Waals surface area contributed by atoms with Crippen LogP contribution in [0.1, 0.15) is 51.7 Å². The molecule has 1 aromatic carbocycles. The minimum Gasteiger partial charge on any atom is -0.389 e. The molecular formula is C26H37N5. The molecule has 5 nitrogen and oxygen atoms in total. The molecule has 1 fully saturated rings. The number of aromatic nitrogens is 2. The number of nitrogens with zero attached hydrogens (tertiary/aromatic N) is 3. The van der Waals surface area contributed by atoms with Crippen LogP contribution in [-0.2, 0) is 0 Å². The van der Waals surface area contributed by atoms with Gasteiger partial charge in [-0.15, -0.1) is 10.2 Å². The van der Waals surface area contributed by atoms with Gasteiger partial charge in [0.25, 0.3) is 0 Å². The van der Waals surface area contributed by atoms with Crippen LogP contribution in [0, 0.1) is 6.92 Å². The van der Waals surface area contributed by atoms with Crippen LogP contribution in [0.4, 0.5) is 5.82 Å². The quantitative estimate of drug-likeness (QED) is 0.649. The molecule has 0 unspecified atom stereocenters. The highest BCUT2D eigenvalue weighted by Gasteiger charge is 2.39. The van der Waals surface area contributed by atoms with Crippen LogP contribution >= 0.6 is 0 Å². The first kappa shape index (κ1) is 23.0. The maximum absolute atomic E-state index is 4.58. The molecule has 1 aliphatic rings. The molecule has 31 heavy (non-hydrogen) atoms. The number of anilines is 1. The van der Waals surface area contributed by atoms with Crippen molar-refractivity contribution in [3.8, 4) is 11.3 Å². The Morgan fingerprint density at radius 2 is 1.81 bits per heavy atom. The third kappa shape index (κ3) is 5.73. The first-order valence-electron chi connectivity index (χ1n) is 11.0. The third-order valence-electron chi connectivity index (χ3n) is 6.05. The van der Waals surface area contributed by atoms with Crippen molar-refractivity contribution in [3.63, 3.8) is 0 Å².